The first kappa shape index (κ1) is 25.1. The fourth-order valence-corrected chi connectivity index (χ4v) is 4.38. The fraction of sp³-hybridized carbons (Fsp3) is 0.250. The van der Waals surface area contributed by atoms with E-state index in [0.717, 1.165) is 0 Å². The Hall–Kier alpha value is -3.50. The van der Waals surface area contributed by atoms with E-state index in [2.05, 4.69) is 10.0 Å². The van der Waals surface area contributed by atoms with Gasteiger partial charge in [0.05, 0.1) is 24.2 Å². The second-order valence-corrected chi connectivity index (χ2v) is 9.25. The van der Waals surface area contributed by atoms with Gasteiger partial charge in [-0.2, -0.15) is 0 Å². The molecule has 34 heavy (non-hydrogen) atoms. The van der Waals surface area contributed by atoms with Gasteiger partial charge in [-0.25, -0.2) is 17.5 Å². The van der Waals surface area contributed by atoms with Crippen molar-refractivity contribution in [2.24, 2.45) is 0 Å². The molecule has 1 aromatic heterocycles. The number of halogens is 1. The molecule has 3 aromatic rings. The largest absolute Gasteiger partial charge is 0.467 e. The van der Waals surface area contributed by atoms with Gasteiger partial charge in [-0.1, -0.05) is 31.5 Å². The quantitative estimate of drug-likeness (QED) is 0.432. The van der Waals surface area contributed by atoms with Crippen LogP contribution in [-0.4, -0.2) is 32.8 Å². The third-order valence-electron chi connectivity index (χ3n) is 5.03. The minimum atomic E-state index is -3.95. The van der Waals surface area contributed by atoms with Crippen molar-refractivity contribution in [3.63, 3.8) is 0 Å². The average molecular weight is 488 g/mol. The van der Waals surface area contributed by atoms with Crippen molar-refractivity contribution in [3.05, 3.63) is 84.6 Å². The van der Waals surface area contributed by atoms with Crippen LogP contribution in [0.5, 0.6) is 0 Å². The molecule has 0 aliphatic rings. The standard InChI is InChI=1S/C24H26FN3O5S/c1-2-7-22(24(30)26-16-20-8-6-15-33-20)28(19-13-11-18(25)12-14-19)23(29)17-27-34(31,32)21-9-4-3-5-10-21/h3-6,8-15,22,27H,2,7,16-17H2,1H3,(H,26,30)/t22-/m0/s1. The minimum absolute atomic E-state index is 0.0115. The van der Waals surface area contributed by atoms with E-state index in [1.807, 2.05) is 6.92 Å². The molecule has 180 valence electrons. The van der Waals surface area contributed by atoms with Crippen LogP contribution < -0.4 is 14.9 Å². The molecule has 3 rings (SSSR count). The first-order chi connectivity index (χ1) is 16.3. The van der Waals surface area contributed by atoms with E-state index in [0.29, 0.717) is 18.6 Å². The molecule has 0 saturated heterocycles. The summed E-state index contributed by atoms with van der Waals surface area (Å²) in [5, 5.41) is 2.75. The monoisotopic (exact) mass is 487 g/mol. The Morgan fingerprint density at radius 2 is 1.74 bits per heavy atom. The van der Waals surface area contributed by atoms with Crippen LogP contribution in [0.4, 0.5) is 10.1 Å². The number of benzene rings is 2. The van der Waals surface area contributed by atoms with Gasteiger partial charge in [-0.3, -0.25) is 14.5 Å². The van der Waals surface area contributed by atoms with E-state index >= 15 is 0 Å². The van der Waals surface area contributed by atoms with Gasteiger partial charge in [-0.15, -0.1) is 0 Å². The molecule has 2 N–H and O–H groups in total. The summed E-state index contributed by atoms with van der Waals surface area (Å²) in [5.74, 6) is -1.06. The predicted octanol–water partition coefficient (Wildman–Crippen LogP) is 3.22. The van der Waals surface area contributed by atoms with Gasteiger partial charge in [0, 0.05) is 5.69 Å². The number of hydrogen-bond acceptors (Lipinski definition) is 5. The first-order valence-electron chi connectivity index (χ1n) is 10.7. The molecular weight excluding hydrogens is 461 g/mol. The molecule has 0 aliphatic carbocycles. The summed E-state index contributed by atoms with van der Waals surface area (Å²) in [6.07, 6.45) is 2.36. The van der Waals surface area contributed by atoms with E-state index in [-0.39, 0.29) is 17.1 Å². The lowest BCUT2D eigenvalue weighted by molar-refractivity contribution is -0.126. The molecule has 0 saturated carbocycles. The molecular formula is C24H26FN3O5S. The summed E-state index contributed by atoms with van der Waals surface area (Å²) < 4.78 is 46.2. The summed E-state index contributed by atoms with van der Waals surface area (Å²) >= 11 is 0. The van der Waals surface area contributed by atoms with Gasteiger partial charge in [0.25, 0.3) is 0 Å². The topological polar surface area (TPSA) is 109 Å². The van der Waals surface area contributed by atoms with E-state index in [9.17, 15) is 22.4 Å². The lowest BCUT2D eigenvalue weighted by Gasteiger charge is -2.31. The molecule has 1 atom stereocenters. The number of anilines is 1. The number of nitrogens with one attached hydrogen (secondary N) is 2. The van der Waals surface area contributed by atoms with Crippen molar-refractivity contribution >= 4 is 27.5 Å². The Morgan fingerprint density at radius 3 is 2.35 bits per heavy atom. The summed E-state index contributed by atoms with van der Waals surface area (Å²) in [6, 6.07) is 15.2. The summed E-state index contributed by atoms with van der Waals surface area (Å²) in [6.45, 7) is 1.40. The maximum atomic E-state index is 13.5. The first-order valence-corrected chi connectivity index (χ1v) is 12.2. The Kier molecular flexibility index (Phi) is 8.55. The number of hydrogen-bond donors (Lipinski definition) is 2. The van der Waals surface area contributed by atoms with E-state index in [1.54, 1.807) is 30.3 Å². The zero-order valence-electron chi connectivity index (χ0n) is 18.6. The van der Waals surface area contributed by atoms with Gasteiger partial charge in [-0.05, 0) is 55.0 Å². The zero-order valence-corrected chi connectivity index (χ0v) is 19.4. The second-order valence-electron chi connectivity index (χ2n) is 7.48. The molecule has 0 unspecified atom stereocenters. The van der Waals surface area contributed by atoms with E-state index < -0.39 is 40.2 Å². The molecule has 8 nitrogen and oxygen atoms in total. The highest BCUT2D eigenvalue weighted by Gasteiger charge is 2.31. The molecule has 0 spiro atoms. The zero-order chi connectivity index (χ0) is 24.6. The highest BCUT2D eigenvalue weighted by molar-refractivity contribution is 7.89. The van der Waals surface area contributed by atoms with Gasteiger partial charge in [0.1, 0.15) is 17.6 Å². The third kappa shape index (κ3) is 6.52. The number of amides is 2. The molecule has 2 aromatic carbocycles. The van der Waals surface area contributed by atoms with Crippen molar-refractivity contribution in [1.29, 1.82) is 0 Å². The molecule has 2 amide bonds. The van der Waals surface area contributed by atoms with Crippen LogP contribution in [0.25, 0.3) is 0 Å². The highest BCUT2D eigenvalue weighted by atomic mass is 32.2. The molecule has 0 fully saturated rings. The highest BCUT2D eigenvalue weighted by Crippen LogP contribution is 2.21. The maximum absolute atomic E-state index is 13.5. The Balaban J connectivity index is 1.84. The van der Waals surface area contributed by atoms with Crippen molar-refractivity contribution in [3.8, 4) is 0 Å². The number of furan rings is 1. The molecule has 1 heterocycles. The molecule has 10 heteroatoms. The van der Waals surface area contributed by atoms with Gasteiger partial charge in [0.2, 0.25) is 21.8 Å². The van der Waals surface area contributed by atoms with Crippen LogP contribution >= 0.6 is 0 Å². The van der Waals surface area contributed by atoms with Gasteiger partial charge < -0.3 is 9.73 Å². The predicted molar refractivity (Wildman–Crippen MR) is 125 cm³/mol. The Morgan fingerprint density at radius 1 is 1.03 bits per heavy atom. The molecule has 0 bridgehead atoms. The number of nitrogens with zero attached hydrogens (tertiary/aromatic N) is 1. The van der Waals surface area contributed by atoms with Crippen LogP contribution in [0, 0.1) is 5.82 Å². The van der Waals surface area contributed by atoms with Gasteiger partial charge >= 0.3 is 0 Å². The number of sulfonamides is 1. The summed E-state index contributed by atoms with van der Waals surface area (Å²) in [7, 11) is -3.95. The Bertz CT molecular complexity index is 1180. The van der Waals surface area contributed by atoms with Gasteiger partial charge in [0.15, 0.2) is 0 Å². The van der Waals surface area contributed by atoms with Crippen LogP contribution in [0.15, 0.2) is 82.3 Å². The third-order valence-corrected chi connectivity index (χ3v) is 6.45. The second kappa shape index (κ2) is 11.6. The smallest absolute Gasteiger partial charge is 0.243 e. The summed E-state index contributed by atoms with van der Waals surface area (Å²) in [4.78, 5) is 27.6. The van der Waals surface area contributed by atoms with Crippen LogP contribution in [0.2, 0.25) is 0 Å². The molecule has 0 radical (unpaired) electrons. The SMILES string of the molecule is CCC[C@@H](C(=O)NCc1ccco1)N(C(=O)CNS(=O)(=O)c1ccccc1)c1ccc(F)cc1. The normalized spacial score (nSPS) is 12.2. The number of rotatable bonds is 11. The number of carbonyl (C=O) groups is 2. The lowest BCUT2D eigenvalue weighted by Crippen LogP contribution is -2.52. The van der Waals surface area contributed by atoms with Crippen molar-refractivity contribution < 1.29 is 26.8 Å². The summed E-state index contributed by atoms with van der Waals surface area (Å²) in [5.41, 5.74) is 0.275. The maximum Gasteiger partial charge on any atom is 0.243 e. The van der Waals surface area contributed by atoms with Crippen molar-refractivity contribution in [1.82, 2.24) is 10.0 Å². The minimum Gasteiger partial charge on any atom is -0.467 e. The van der Waals surface area contributed by atoms with Crippen molar-refractivity contribution in [2.75, 3.05) is 11.4 Å². The molecule has 0 aliphatic heterocycles. The lowest BCUT2D eigenvalue weighted by atomic mass is 10.1. The number of carbonyl (C=O) groups excluding carboxylic acids is 2. The van der Waals surface area contributed by atoms with E-state index in [1.165, 1.54) is 47.6 Å². The van der Waals surface area contributed by atoms with E-state index in [4.69, 9.17) is 4.42 Å². The van der Waals surface area contributed by atoms with Crippen LogP contribution in [-0.2, 0) is 26.2 Å². The average Bonchev–Trinajstić information content (AvgIpc) is 3.36. The van der Waals surface area contributed by atoms with Crippen molar-refractivity contribution in [2.45, 2.75) is 37.2 Å². The fourth-order valence-electron chi connectivity index (χ4n) is 3.38. The van der Waals surface area contributed by atoms with Crippen LogP contribution in [0.3, 0.4) is 0 Å². The van der Waals surface area contributed by atoms with Crippen LogP contribution in [0.1, 0.15) is 25.5 Å². The Labute approximate surface area is 197 Å².